The van der Waals surface area contributed by atoms with Gasteiger partial charge in [-0.15, -0.1) is 0 Å². The normalized spacial score (nSPS) is 12.0. The van der Waals surface area contributed by atoms with Crippen molar-refractivity contribution in [1.82, 2.24) is 19.9 Å². The summed E-state index contributed by atoms with van der Waals surface area (Å²) in [5.74, 6) is 0.719. The lowest BCUT2D eigenvalue weighted by Gasteiger charge is -2.16. The van der Waals surface area contributed by atoms with Gasteiger partial charge in [0.15, 0.2) is 5.16 Å². The first-order chi connectivity index (χ1) is 15.9. The van der Waals surface area contributed by atoms with E-state index in [1.54, 1.807) is 11.7 Å². The minimum absolute atomic E-state index is 0.127. The maximum atomic E-state index is 13.3. The third-order valence-corrected chi connectivity index (χ3v) is 6.29. The topological polar surface area (TPSA) is 89.0 Å². The Bertz CT molecular complexity index is 1360. The summed E-state index contributed by atoms with van der Waals surface area (Å²) in [6, 6.07) is 16.9. The van der Waals surface area contributed by atoms with Gasteiger partial charge >= 0.3 is 0 Å². The number of hydrogen-bond acceptors (Lipinski definition) is 5. The van der Waals surface area contributed by atoms with Crippen LogP contribution in [0.2, 0.25) is 0 Å². The van der Waals surface area contributed by atoms with Crippen LogP contribution in [0, 0.1) is 13.8 Å². The van der Waals surface area contributed by atoms with Crippen LogP contribution in [0.3, 0.4) is 0 Å². The largest absolute Gasteiger partial charge is 0.497 e. The number of aromatic amines is 1. The molecule has 0 fully saturated rings. The SMILES string of the molecule is COc1cccc([C@@H](C)NC(=O)CSc2nc3cc(C)[nH]c3c(=O)n2-c2ccc(C)cc2)c1. The van der Waals surface area contributed by atoms with Crippen LogP contribution in [-0.4, -0.2) is 33.3 Å². The molecule has 0 aliphatic rings. The van der Waals surface area contributed by atoms with E-state index in [0.29, 0.717) is 21.9 Å². The van der Waals surface area contributed by atoms with Crippen molar-refractivity contribution in [2.24, 2.45) is 0 Å². The fourth-order valence-electron chi connectivity index (χ4n) is 3.60. The number of aromatic nitrogens is 3. The summed E-state index contributed by atoms with van der Waals surface area (Å²) >= 11 is 1.24. The first-order valence-corrected chi connectivity index (χ1v) is 11.6. The third kappa shape index (κ3) is 4.96. The number of nitrogens with one attached hydrogen (secondary N) is 2. The highest BCUT2D eigenvalue weighted by atomic mass is 32.2. The number of benzene rings is 2. The number of fused-ring (bicyclic) bond motifs is 1. The van der Waals surface area contributed by atoms with Crippen LogP contribution < -0.4 is 15.6 Å². The maximum absolute atomic E-state index is 13.3. The lowest BCUT2D eigenvalue weighted by atomic mass is 10.1. The molecule has 0 saturated carbocycles. The van der Waals surface area contributed by atoms with Crippen LogP contribution in [0.15, 0.2) is 64.5 Å². The Morgan fingerprint density at radius 1 is 1.18 bits per heavy atom. The number of thioether (sulfide) groups is 1. The van der Waals surface area contributed by atoms with E-state index in [4.69, 9.17) is 4.74 Å². The van der Waals surface area contributed by atoms with Gasteiger partial charge in [0.1, 0.15) is 11.3 Å². The molecule has 33 heavy (non-hydrogen) atoms. The molecule has 2 aromatic carbocycles. The Kier molecular flexibility index (Phi) is 6.55. The molecule has 0 aliphatic heterocycles. The number of rotatable bonds is 7. The molecule has 2 heterocycles. The summed E-state index contributed by atoms with van der Waals surface area (Å²) < 4.78 is 6.82. The molecule has 0 bridgehead atoms. The van der Waals surface area contributed by atoms with E-state index < -0.39 is 0 Å². The van der Waals surface area contributed by atoms with Crippen molar-refractivity contribution in [3.05, 3.63) is 81.8 Å². The minimum Gasteiger partial charge on any atom is -0.497 e. The number of aryl methyl sites for hydroxylation is 2. The van der Waals surface area contributed by atoms with Gasteiger partial charge in [0.25, 0.3) is 5.56 Å². The summed E-state index contributed by atoms with van der Waals surface area (Å²) in [6.45, 7) is 5.80. The molecule has 0 saturated heterocycles. The molecule has 4 aromatic rings. The molecular weight excluding hydrogens is 436 g/mol. The van der Waals surface area contributed by atoms with Gasteiger partial charge in [-0.2, -0.15) is 0 Å². The van der Waals surface area contributed by atoms with Crippen LogP contribution >= 0.6 is 11.8 Å². The Morgan fingerprint density at radius 2 is 1.94 bits per heavy atom. The van der Waals surface area contributed by atoms with Crippen LogP contribution in [0.25, 0.3) is 16.7 Å². The van der Waals surface area contributed by atoms with E-state index in [1.165, 1.54) is 11.8 Å². The first-order valence-electron chi connectivity index (χ1n) is 10.6. The molecule has 2 aromatic heterocycles. The summed E-state index contributed by atoms with van der Waals surface area (Å²) in [7, 11) is 1.61. The molecule has 8 heteroatoms. The van der Waals surface area contributed by atoms with Gasteiger partial charge in [-0.3, -0.25) is 14.2 Å². The molecule has 1 atom stereocenters. The van der Waals surface area contributed by atoms with E-state index >= 15 is 0 Å². The van der Waals surface area contributed by atoms with Crippen LogP contribution in [0.5, 0.6) is 5.75 Å². The zero-order chi connectivity index (χ0) is 23.5. The Balaban J connectivity index is 1.58. The fourth-order valence-corrected chi connectivity index (χ4v) is 4.43. The number of nitrogens with zero attached hydrogens (tertiary/aromatic N) is 2. The van der Waals surface area contributed by atoms with Gasteiger partial charge in [-0.25, -0.2) is 4.98 Å². The van der Waals surface area contributed by atoms with E-state index in [9.17, 15) is 9.59 Å². The smallest absolute Gasteiger partial charge is 0.283 e. The van der Waals surface area contributed by atoms with Crippen molar-refractivity contribution in [2.75, 3.05) is 12.9 Å². The van der Waals surface area contributed by atoms with E-state index in [1.807, 2.05) is 75.4 Å². The molecule has 0 unspecified atom stereocenters. The second-order valence-corrected chi connectivity index (χ2v) is 8.88. The number of carbonyl (C=O) groups excluding carboxylic acids is 1. The predicted octanol–water partition coefficient (Wildman–Crippen LogP) is 4.31. The average Bonchev–Trinajstić information content (AvgIpc) is 3.19. The summed E-state index contributed by atoms with van der Waals surface area (Å²) in [6.07, 6.45) is 0. The molecule has 2 N–H and O–H groups in total. The molecule has 7 nitrogen and oxygen atoms in total. The van der Waals surface area contributed by atoms with Crippen LogP contribution in [0.1, 0.15) is 29.8 Å². The zero-order valence-electron chi connectivity index (χ0n) is 19.0. The number of methoxy groups -OCH3 is 1. The number of ether oxygens (including phenoxy) is 1. The minimum atomic E-state index is -0.190. The molecule has 0 spiro atoms. The first kappa shape index (κ1) is 22.7. The molecular formula is C25H26N4O3S. The van der Waals surface area contributed by atoms with Gasteiger partial charge in [-0.05, 0) is 56.7 Å². The zero-order valence-corrected chi connectivity index (χ0v) is 19.8. The highest BCUT2D eigenvalue weighted by molar-refractivity contribution is 7.99. The lowest BCUT2D eigenvalue weighted by Crippen LogP contribution is -2.29. The standard InChI is InChI=1S/C25H26N4O3S/c1-15-8-10-19(11-9-15)29-24(31)23-21(12-16(2)26-23)28-25(29)33-14-22(30)27-17(3)18-6-5-7-20(13-18)32-4/h5-13,17,26H,14H2,1-4H3,(H,27,30)/t17-/m1/s1. The van der Waals surface area contributed by atoms with Crippen molar-refractivity contribution in [3.63, 3.8) is 0 Å². The Labute approximate surface area is 196 Å². The van der Waals surface area contributed by atoms with E-state index in [2.05, 4.69) is 15.3 Å². The summed E-state index contributed by atoms with van der Waals surface area (Å²) in [4.78, 5) is 33.8. The number of amides is 1. The van der Waals surface area contributed by atoms with Crippen molar-refractivity contribution < 1.29 is 9.53 Å². The highest BCUT2D eigenvalue weighted by Crippen LogP contribution is 2.23. The van der Waals surface area contributed by atoms with E-state index in [-0.39, 0.29) is 23.3 Å². The van der Waals surface area contributed by atoms with Gasteiger partial charge in [0.2, 0.25) is 5.91 Å². The average molecular weight is 463 g/mol. The van der Waals surface area contributed by atoms with Crippen LogP contribution in [0.4, 0.5) is 0 Å². The summed E-state index contributed by atoms with van der Waals surface area (Å²) in [5.41, 5.74) is 4.46. The van der Waals surface area contributed by atoms with Gasteiger partial charge in [-0.1, -0.05) is 41.6 Å². The molecule has 1 amide bonds. The maximum Gasteiger partial charge on any atom is 0.283 e. The van der Waals surface area contributed by atoms with Gasteiger partial charge < -0.3 is 15.0 Å². The van der Waals surface area contributed by atoms with Crippen molar-refractivity contribution >= 4 is 28.7 Å². The molecule has 0 radical (unpaired) electrons. The fraction of sp³-hybridized carbons (Fsp3) is 0.240. The molecule has 4 rings (SSSR count). The quantitative estimate of drug-likeness (QED) is 0.316. The third-order valence-electron chi connectivity index (χ3n) is 5.35. The second kappa shape index (κ2) is 9.54. The van der Waals surface area contributed by atoms with Crippen molar-refractivity contribution in [1.29, 1.82) is 0 Å². The van der Waals surface area contributed by atoms with E-state index in [0.717, 1.165) is 22.6 Å². The lowest BCUT2D eigenvalue weighted by molar-refractivity contribution is -0.119. The highest BCUT2D eigenvalue weighted by Gasteiger charge is 2.17. The summed E-state index contributed by atoms with van der Waals surface area (Å²) in [5, 5.41) is 3.48. The monoisotopic (exact) mass is 462 g/mol. The van der Waals surface area contributed by atoms with Gasteiger partial charge in [0, 0.05) is 5.69 Å². The molecule has 170 valence electrons. The Morgan fingerprint density at radius 3 is 2.67 bits per heavy atom. The number of carbonyl (C=O) groups is 1. The second-order valence-electron chi connectivity index (χ2n) is 7.94. The number of H-pyrrole nitrogens is 1. The van der Waals surface area contributed by atoms with Crippen molar-refractivity contribution in [2.45, 2.75) is 32.0 Å². The predicted molar refractivity (Wildman–Crippen MR) is 131 cm³/mol. The molecule has 0 aliphatic carbocycles. The van der Waals surface area contributed by atoms with Crippen LogP contribution in [-0.2, 0) is 4.79 Å². The van der Waals surface area contributed by atoms with Crippen molar-refractivity contribution in [3.8, 4) is 11.4 Å². The number of hydrogen-bond donors (Lipinski definition) is 2. The van der Waals surface area contributed by atoms with Gasteiger partial charge in [0.05, 0.1) is 30.1 Å². The Hall–Kier alpha value is -3.52.